The summed E-state index contributed by atoms with van der Waals surface area (Å²) in [4.78, 5) is 17.8. The van der Waals surface area contributed by atoms with E-state index in [1.807, 2.05) is 20.8 Å². The molecule has 6 heteroatoms. The van der Waals surface area contributed by atoms with E-state index in [9.17, 15) is 4.79 Å². The zero-order valence-electron chi connectivity index (χ0n) is 13.5. The van der Waals surface area contributed by atoms with Crippen LogP contribution in [-0.4, -0.2) is 29.8 Å². The van der Waals surface area contributed by atoms with E-state index in [1.54, 1.807) is 11.3 Å². The smallest absolute Gasteiger partial charge is 0.315 e. The lowest BCUT2D eigenvalue weighted by Gasteiger charge is -2.30. The number of rotatable bonds is 4. The summed E-state index contributed by atoms with van der Waals surface area (Å²) in [5.74, 6) is 0.731. The van der Waals surface area contributed by atoms with Gasteiger partial charge in [-0.1, -0.05) is 0 Å². The Kier molecular flexibility index (Phi) is 4.68. The molecule has 2 fully saturated rings. The molecule has 0 radical (unpaired) electrons. The minimum absolute atomic E-state index is 0.00901. The van der Waals surface area contributed by atoms with E-state index in [2.05, 4.69) is 15.6 Å². The second kappa shape index (κ2) is 6.54. The molecule has 1 aliphatic heterocycles. The topological polar surface area (TPSA) is 63.2 Å². The van der Waals surface area contributed by atoms with Crippen LogP contribution in [0.4, 0.5) is 4.79 Å². The fraction of sp³-hybridized carbons (Fsp3) is 0.750. The van der Waals surface area contributed by atoms with Gasteiger partial charge in [-0.05, 0) is 52.4 Å². The fourth-order valence-electron chi connectivity index (χ4n) is 3.19. The van der Waals surface area contributed by atoms with Gasteiger partial charge in [0.2, 0.25) is 0 Å². The second-order valence-electron chi connectivity index (χ2n) is 6.49. The van der Waals surface area contributed by atoms with Gasteiger partial charge < -0.3 is 15.4 Å². The summed E-state index contributed by atoms with van der Waals surface area (Å²) in [6, 6.07) is 0.139. The second-order valence-corrected chi connectivity index (χ2v) is 7.72. The summed E-state index contributed by atoms with van der Waals surface area (Å²) in [5, 5.41) is 7.19. The number of nitrogens with zero attached hydrogens (tertiary/aromatic N) is 1. The molecule has 22 heavy (non-hydrogen) atoms. The molecule has 0 unspecified atom stereocenters. The summed E-state index contributed by atoms with van der Waals surface area (Å²) < 4.78 is 5.80. The molecule has 1 aromatic rings. The maximum atomic E-state index is 12.2. The number of carbonyl (C=O) groups is 1. The molecular formula is C16H25N3O2S. The van der Waals surface area contributed by atoms with Gasteiger partial charge in [0.25, 0.3) is 0 Å². The van der Waals surface area contributed by atoms with E-state index in [0.717, 1.165) is 40.9 Å². The van der Waals surface area contributed by atoms with E-state index in [1.165, 1.54) is 12.8 Å². The standard InChI is InChI=1S/C16H25N3O2S/c1-9-15(22-11(3)17-9)10(2)18-16(20)19-13-6-7-21-14(8-13)12-4-5-12/h10,12-14H,4-8H2,1-3H3,(H2,18,19,20)/t10-,13+,14-/m0/s1. The first-order chi connectivity index (χ1) is 10.5. The van der Waals surface area contributed by atoms with Crippen molar-refractivity contribution in [3.8, 4) is 0 Å². The van der Waals surface area contributed by atoms with Gasteiger partial charge in [0.15, 0.2) is 0 Å². The largest absolute Gasteiger partial charge is 0.378 e. The monoisotopic (exact) mass is 323 g/mol. The zero-order chi connectivity index (χ0) is 15.7. The Morgan fingerprint density at radius 2 is 2.14 bits per heavy atom. The first-order valence-electron chi connectivity index (χ1n) is 8.15. The maximum absolute atomic E-state index is 12.2. The van der Waals surface area contributed by atoms with Crippen LogP contribution in [-0.2, 0) is 4.74 Å². The highest BCUT2D eigenvalue weighted by Gasteiger charge is 2.36. The van der Waals surface area contributed by atoms with Gasteiger partial charge in [0.1, 0.15) is 0 Å². The Hall–Kier alpha value is -1.14. The van der Waals surface area contributed by atoms with Gasteiger partial charge in [-0.3, -0.25) is 0 Å². The molecule has 3 atom stereocenters. The number of urea groups is 1. The Bertz CT molecular complexity index is 541. The minimum Gasteiger partial charge on any atom is -0.378 e. The molecule has 2 N–H and O–H groups in total. The SMILES string of the molecule is Cc1nc(C)c([C@H](C)NC(=O)N[C@@H]2CCO[C@H](C3CC3)C2)s1. The predicted octanol–water partition coefficient (Wildman–Crippen LogP) is 3.08. The Morgan fingerprint density at radius 1 is 1.36 bits per heavy atom. The van der Waals surface area contributed by atoms with Gasteiger partial charge in [-0.15, -0.1) is 11.3 Å². The molecule has 0 bridgehead atoms. The van der Waals surface area contributed by atoms with Crippen molar-refractivity contribution in [3.05, 3.63) is 15.6 Å². The minimum atomic E-state index is -0.0839. The highest BCUT2D eigenvalue weighted by atomic mass is 32.1. The van der Waals surface area contributed by atoms with Crippen molar-refractivity contribution < 1.29 is 9.53 Å². The summed E-state index contributed by atoms with van der Waals surface area (Å²) in [6.45, 7) is 6.76. The lowest BCUT2D eigenvalue weighted by molar-refractivity contribution is -0.00917. The van der Waals surface area contributed by atoms with Crippen molar-refractivity contribution in [1.82, 2.24) is 15.6 Å². The van der Waals surface area contributed by atoms with Crippen LogP contribution in [0.25, 0.3) is 0 Å². The summed E-state index contributed by atoms with van der Waals surface area (Å²) in [5.41, 5.74) is 1.01. The lowest BCUT2D eigenvalue weighted by Crippen LogP contribution is -2.47. The van der Waals surface area contributed by atoms with Crippen molar-refractivity contribution in [2.45, 2.75) is 64.6 Å². The van der Waals surface area contributed by atoms with E-state index < -0.39 is 0 Å². The van der Waals surface area contributed by atoms with Crippen LogP contribution < -0.4 is 10.6 Å². The van der Waals surface area contributed by atoms with E-state index >= 15 is 0 Å². The average Bonchev–Trinajstić information content (AvgIpc) is 3.24. The van der Waals surface area contributed by atoms with Crippen LogP contribution in [0.5, 0.6) is 0 Å². The number of nitrogens with one attached hydrogen (secondary N) is 2. The molecule has 0 aromatic carbocycles. The molecule has 0 spiro atoms. The molecule has 3 rings (SSSR count). The van der Waals surface area contributed by atoms with Gasteiger partial charge in [0, 0.05) is 17.5 Å². The average molecular weight is 323 g/mol. The van der Waals surface area contributed by atoms with E-state index in [0.29, 0.717) is 6.10 Å². The van der Waals surface area contributed by atoms with Crippen LogP contribution >= 0.6 is 11.3 Å². The van der Waals surface area contributed by atoms with Gasteiger partial charge in [0.05, 0.1) is 22.8 Å². The summed E-state index contributed by atoms with van der Waals surface area (Å²) in [7, 11) is 0. The maximum Gasteiger partial charge on any atom is 0.315 e. The van der Waals surface area contributed by atoms with Crippen LogP contribution in [0, 0.1) is 19.8 Å². The van der Waals surface area contributed by atoms with Crippen LogP contribution in [0.1, 0.15) is 54.2 Å². The number of amides is 2. The van der Waals surface area contributed by atoms with Crippen LogP contribution in [0.15, 0.2) is 0 Å². The third-order valence-electron chi connectivity index (χ3n) is 4.48. The van der Waals surface area contributed by atoms with Crippen molar-refractivity contribution in [1.29, 1.82) is 0 Å². The van der Waals surface area contributed by atoms with Gasteiger partial charge in [-0.2, -0.15) is 0 Å². The molecule has 1 aliphatic carbocycles. The number of ether oxygens (including phenoxy) is 1. The Balaban J connectivity index is 1.50. The fourth-order valence-corrected chi connectivity index (χ4v) is 4.12. The van der Waals surface area contributed by atoms with E-state index in [4.69, 9.17) is 4.74 Å². The van der Waals surface area contributed by atoms with Crippen molar-refractivity contribution in [2.75, 3.05) is 6.61 Å². The van der Waals surface area contributed by atoms with Crippen LogP contribution in [0.2, 0.25) is 0 Å². The van der Waals surface area contributed by atoms with Gasteiger partial charge in [-0.25, -0.2) is 9.78 Å². The number of hydrogen-bond acceptors (Lipinski definition) is 4. The Labute approximate surface area is 135 Å². The molecule has 1 saturated heterocycles. The molecule has 1 aromatic heterocycles. The normalized spacial score (nSPS) is 26.5. The number of aryl methyl sites for hydroxylation is 2. The lowest BCUT2D eigenvalue weighted by atomic mass is 10.0. The third kappa shape index (κ3) is 3.79. The first kappa shape index (κ1) is 15.7. The number of thiazole rings is 1. The van der Waals surface area contributed by atoms with Gasteiger partial charge >= 0.3 is 6.03 Å². The molecule has 1 saturated carbocycles. The Morgan fingerprint density at radius 3 is 2.77 bits per heavy atom. The molecule has 2 heterocycles. The molecule has 2 amide bonds. The molecular weight excluding hydrogens is 298 g/mol. The predicted molar refractivity (Wildman–Crippen MR) is 87.2 cm³/mol. The highest BCUT2D eigenvalue weighted by Crippen LogP contribution is 2.38. The summed E-state index contributed by atoms with van der Waals surface area (Å²) in [6.07, 6.45) is 4.77. The summed E-state index contributed by atoms with van der Waals surface area (Å²) >= 11 is 1.65. The molecule has 2 aliphatic rings. The van der Waals surface area contributed by atoms with Crippen molar-refractivity contribution in [2.24, 2.45) is 5.92 Å². The van der Waals surface area contributed by atoms with E-state index in [-0.39, 0.29) is 18.1 Å². The quantitative estimate of drug-likeness (QED) is 0.895. The molecule has 122 valence electrons. The number of carbonyl (C=O) groups excluding carboxylic acids is 1. The van der Waals surface area contributed by atoms with Crippen molar-refractivity contribution in [3.63, 3.8) is 0 Å². The first-order valence-corrected chi connectivity index (χ1v) is 8.97. The number of hydrogen-bond donors (Lipinski definition) is 2. The van der Waals surface area contributed by atoms with Crippen molar-refractivity contribution >= 4 is 17.4 Å². The highest BCUT2D eigenvalue weighted by molar-refractivity contribution is 7.11. The van der Waals surface area contributed by atoms with Crippen LogP contribution in [0.3, 0.4) is 0 Å². The zero-order valence-corrected chi connectivity index (χ0v) is 14.3. The molecule has 5 nitrogen and oxygen atoms in total. The third-order valence-corrected chi connectivity index (χ3v) is 5.73. The number of aromatic nitrogens is 1.